The highest BCUT2D eigenvalue weighted by Gasteiger charge is 2.54. The van der Waals surface area contributed by atoms with Gasteiger partial charge in [-0.3, -0.25) is 24.0 Å². The predicted octanol–water partition coefficient (Wildman–Crippen LogP) is 18.5. The summed E-state index contributed by atoms with van der Waals surface area (Å²) in [5.41, 5.74) is 19.0. The number of Topliss-reactive ketones (excluding diaryl/α,β-unsaturated/α-hetero) is 1. The number of nitriles is 1. The summed E-state index contributed by atoms with van der Waals surface area (Å²) >= 11 is 3.36. The first kappa shape index (κ1) is 113. The Morgan fingerprint density at radius 2 is 0.784 bits per heavy atom. The molecule has 752 valence electrons. The lowest BCUT2D eigenvalue weighted by molar-refractivity contribution is -0.282. The van der Waals surface area contributed by atoms with Crippen LogP contribution in [0.5, 0.6) is 0 Å². The van der Waals surface area contributed by atoms with Crippen LogP contribution in [0.25, 0.3) is 0 Å². The minimum absolute atomic E-state index is 0.138. The number of anilines is 6. The second kappa shape index (κ2) is 58.4. The summed E-state index contributed by atoms with van der Waals surface area (Å²) in [6.07, 6.45) is 30.7. The number of halogens is 1. The van der Waals surface area contributed by atoms with E-state index in [4.69, 9.17) is 49.8 Å². The van der Waals surface area contributed by atoms with Crippen molar-refractivity contribution in [3.05, 3.63) is 215 Å². The average Bonchev–Trinajstić information content (AvgIpc) is 1.60. The molecule has 0 aromatic heterocycles. The SMILES string of the molecule is BrCc1ccccc1.CCOC(OCC)OCC.CN1CN(c2ccc(C(=O)O)cc2)C2(CCCCC2)C1=O.COC(=O)c1ccc(N2CN(C)C(=O)C23CCCCC3)cc1.COC(=O)c1ccc(N2CNC(=O)C23CCCCC3)cc1.COC(=O)c1ccc(NC2(C#N)CCCCC2)cc1.COC(=O)c1ccc(NC2(C(N)=O)CCCCC2)cc1.Cc1ccc(N)cc1.O=C1CCCCC1.O=C=O. The molecule has 6 saturated carbocycles. The van der Waals surface area contributed by atoms with Crippen molar-refractivity contribution in [1.29, 1.82) is 5.26 Å². The molecule has 0 bridgehead atoms. The van der Waals surface area contributed by atoms with Crippen LogP contribution in [0, 0.1) is 18.3 Å². The number of carbonyl (C=O) groups is 10. The Bertz CT molecular complexity index is 5020. The number of aromatic carboxylic acids is 1. The van der Waals surface area contributed by atoms with Crippen LogP contribution in [0.4, 0.5) is 34.1 Å². The molecule has 0 unspecified atom stereocenters. The van der Waals surface area contributed by atoms with E-state index in [-0.39, 0.29) is 64.8 Å². The van der Waals surface area contributed by atoms with Crippen LogP contribution in [0.15, 0.2) is 176 Å². The van der Waals surface area contributed by atoms with Gasteiger partial charge >= 0.3 is 36.0 Å². The highest BCUT2D eigenvalue weighted by atomic mass is 79.9. The number of nitrogens with one attached hydrogen (secondary N) is 3. The van der Waals surface area contributed by atoms with Gasteiger partial charge in [0, 0.05) is 86.2 Å². The molecule has 7 aromatic carbocycles. The van der Waals surface area contributed by atoms with E-state index in [2.05, 4.69) is 74.3 Å². The first-order chi connectivity index (χ1) is 66.9. The lowest BCUT2D eigenvalue weighted by Crippen LogP contribution is -2.51. The number of rotatable bonds is 20. The number of nitrogen functional groups attached to an aromatic ring is 1. The molecular formula is C107H142BrN11O20. The fourth-order valence-electron chi connectivity index (χ4n) is 18.6. The first-order valence-corrected chi connectivity index (χ1v) is 49.3. The summed E-state index contributed by atoms with van der Waals surface area (Å²) < 4.78 is 34.0. The zero-order valence-corrected chi connectivity index (χ0v) is 84.0. The number of methoxy groups -OCH3 is 4. The molecule has 16 rings (SSSR count). The van der Waals surface area contributed by atoms with Crippen molar-refractivity contribution in [2.45, 2.75) is 260 Å². The van der Waals surface area contributed by atoms with E-state index in [0.29, 0.717) is 67.9 Å². The van der Waals surface area contributed by atoms with E-state index in [1.807, 2.05) is 133 Å². The Morgan fingerprint density at radius 3 is 1.10 bits per heavy atom. The maximum Gasteiger partial charge on any atom is 0.373 e. The number of likely N-dealkylation sites (N-methyl/N-ethyl adjacent to an activating group) is 2. The van der Waals surface area contributed by atoms with Crippen LogP contribution < -0.4 is 42.1 Å². The molecule has 3 spiro atoms. The quantitative estimate of drug-likeness (QED) is 0.0136. The monoisotopic (exact) mass is 1980 g/mol. The van der Waals surface area contributed by atoms with Crippen LogP contribution in [0.1, 0.15) is 276 Å². The predicted molar refractivity (Wildman–Crippen MR) is 538 cm³/mol. The van der Waals surface area contributed by atoms with E-state index in [1.54, 1.807) is 82.6 Å². The maximum atomic E-state index is 12.7. The van der Waals surface area contributed by atoms with Gasteiger partial charge in [-0.1, -0.05) is 167 Å². The largest absolute Gasteiger partial charge is 0.478 e. The van der Waals surface area contributed by atoms with Crippen molar-refractivity contribution < 1.29 is 95.8 Å². The van der Waals surface area contributed by atoms with E-state index in [0.717, 1.165) is 200 Å². The zero-order valence-electron chi connectivity index (χ0n) is 82.4. The minimum atomic E-state index is -0.927. The molecule has 8 N–H and O–H groups in total. The molecule has 3 saturated heterocycles. The smallest absolute Gasteiger partial charge is 0.373 e. The lowest BCUT2D eigenvalue weighted by atomic mass is 9.80. The number of carbonyl (C=O) groups excluding carboxylic acids is 11. The molecule has 3 aliphatic heterocycles. The Hall–Kier alpha value is -12.5. The average molecular weight is 1980 g/mol. The Labute approximate surface area is 826 Å². The lowest BCUT2D eigenvalue weighted by Gasteiger charge is -2.39. The van der Waals surface area contributed by atoms with Gasteiger partial charge in [-0.15, -0.1) is 0 Å². The molecular weight excluding hydrogens is 1840 g/mol. The third-order valence-corrected chi connectivity index (χ3v) is 26.8. The number of hydrogen-bond acceptors (Lipinski definition) is 26. The number of nitrogens with two attached hydrogens (primary N) is 2. The first-order valence-electron chi connectivity index (χ1n) is 48.2. The number of ketones is 1. The molecule has 0 atom stereocenters. The number of amides is 4. The highest BCUT2D eigenvalue weighted by Crippen LogP contribution is 2.45. The van der Waals surface area contributed by atoms with Gasteiger partial charge in [0.05, 0.1) is 82.3 Å². The van der Waals surface area contributed by atoms with Gasteiger partial charge in [0.1, 0.15) is 33.5 Å². The Balaban J connectivity index is 0.000000217. The normalized spacial score (nSPS) is 17.4. The van der Waals surface area contributed by atoms with E-state index < -0.39 is 34.6 Å². The number of primary amides is 1. The van der Waals surface area contributed by atoms with Crippen molar-refractivity contribution in [2.75, 3.05) is 113 Å². The van der Waals surface area contributed by atoms with Crippen molar-refractivity contribution >= 4 is 115 Å². The van der Waals surface area contributed by atoms with Gasteiger partial charge < -0.3 is 90.2 Å². The van der Waals surface area contributed by atoms with Crippen molar-refractivity contribution in [2.24, 2.45) is 5.73 Å². The van der Waals surface area contributed by atoms with Gasteiger partial charge in [0.25, 0.3) is 6.48 Å². The minimum Gasteiger partial charge on any atom is -0.478 e. The number of aryl methyl sites for hydroxylation is 1. The van der Waals surface area contributed by atoms with Gasteiger partial charge in [-0.05, 0) is 244 Å². The number of carboxylic acids is 1. The number of ether oxygens (including phenoxy) is 7. The number of alkyl halides is 1. The van der Waals surface area contributed by atoms with E-state index in [9.17, 15) is 53.2 Å². The molecule has 4 amide bonds. The summed E-state index contributed by atoms with van der Waals surface area (Å²) in [5, 5.41) is 28.9. The number of esters is 4. The molecule has 0 radical (unpaired) electrons. The molecule has 139 heavy (non-hydrogen) atoms. The van der Waals surface area contributed by atoms with Crippen LogP contribution >= 0.6 is 15.9 Å². The zero-order chi connectivity index (χ0) is 101. The van der Waals surface area contributed by atoms with Gasteiger partial charge in [-0.25, -0.2) is 24.0 Å². The van der Waals surface area contributed by atoms with Gasteiger partial charge in [0.15, 0.2) is 0 Å². The van der Waals surface area contributed by atoms with E-state index >= 15 is 0 Å². The summed E-state index contributed by atoms with van der Waals surface area (Å²) in [5.74, 6) is -1.62. The summed E-state index contributed by atoms with van der Waals surface area (Å²) in [7, 11) is 9.16. The summed E-state index contributed by atoms with van der Waals surface area (Å²) in [4.78, 5) is 143. The van der Waals surface area contributed by atoms with Crippen LogP contribution in [0.3, 0.4) is 0 Å². The molecule has 6 aliphatic carbocycles. The standard InChI is InChI=1S/C17H22N2O3.2C16H20N2O3.C15H20N2O3.C15H18N2O2.C7H7Br.C7H9N.C7H16O3.C6H10O.CO2/c1-18-12-19(17(16(18)21)10-4-3-5-11-17)14-8-6-13(7-9-14)15(20)22-2;1-21-14(19)12-5-7-13(8-6-12)18-11-17-15(20)16(18)9-3-2-4-10-16;1-17-11-18(13-7-5-12(6-8-13)14(19)20)16(15(17)21)9-3-2-4-10-16;1-20-13(18)11-5-7-12(8-6-11)17-15(14(16)19)9-3-2-4-10-15;1-19-14(18)12-5-7-13(8-6-12)17-15(11-16)9-3-2-4-10-15;8-6-7-4-2-1-3-5-7;1-6-2-4-7(8)5-3-6;1-4-8-7(9-5-2)10-6-3;7-6-4-2-1-3-5-6;2-1-3/h6-9H,3-5,10-12H2,1-2H3;5-8H,2-4,9-11H2,1H3,(H,17,20);5-8H,2-4,9-11H2,1H3,(H,19,20);5-8,17H,2-4,9-10H2,1H3,(H2,16,19);5-8,17H,2-4,9-10H2,1H3;1-5H,6H2;2-5H,8H2,1H3;7H,4-6H2,1-3H3;1-5H2;. The molecule has 31 nitrogen and oxygen atoms in total. The Kier molecular flexibility index (Phi) is 47.7. The van der Waals surface area contributed by atoms with E-state index in [1.165, 1.54) is 71.7 Å². The topological polar surface area (TPSA) is 418 Å². The van der Waals surface area contributed by atoms with Crippen LogP contribution in [0.2, 0.25) is 0 Å². The second-order valence-electron chi connectivity index (χ2n) is 35.5. The molecule has 32 heteroatoms. The Morgan fingerprint density at radius 1 is 0.453 bits per heavy atom. The molecule has 7 aromatic rings. The fraction of sp³-hybridized carbons (Fsp3) is 0.495. The number of hydrogen-bond donors (Lipinski definition) is 6. The number of nitrogens with zero attached hydrogens (tertiary/aromatic N) is 6. The summed E-state index contributed by atoms with van der Waals surface area (Å²) in [6, 6.07) is 55.9. The highest BCUT2D eigenvalue weighted by molar-refractivity contribution is 9.08. The second-order valence-corrected chi connectivity index (χ2v) is 36.0. The third kappa shape index (κ3) is 33.1. The van der Waals surface area contributed by atoms with Crippen molar-refractivity contribution in [3.8, 4) is 6.07 Å². The van der Waals surface area contributed by atoms with Crippen molar-refractivity contribution in [3.63, 3.8) is 0 Å². The number of benzene rings is 7. The van der Waals surface area contributed by atoms with Crippen LogP contribution in [-0.4, -0.2) is 197 Å². The van der Waals surface area contributed by atoms with Gasteiger partial charge in [0.2, 0.25) is 23.6 Å². The third-order valence-electron chi connectivity index (χ3n) is 26.1. The molecule has 9 aliphatic rings. The number of carboxylic acid groups (broad SMARTS) is 1. The fourth-order valence-corrected chi connectivity index (χ4v) is 19.0. The molecule has 3 heterocycles. The maximum absolute atomic E-state index is 12.7. The molecule has 9 fully saturated rings. The summed E-state index contributed by atoms with van der Waals surface area (Å²) in [6.45, 7) is 10.9. The van der Waals surface area contributed by atoms with Gasteiger partial charge in [-0.2, -0.15) is 14.9 Å². The van der Waals surface area contributed by atoms with Crippen LogP contribution in [-0.2, 0) is 72.0 Å². The van der Waals surface area contributed by atoms with Crippen molar-refractivity contribution in [1.82, 2.24) is 15.1 Å².